The molecule has 0 unspecified atom stereocenters. The minimum atomic E-state index is -4.14. The molecule has 2 aromatic carbocycles. The van der Waals surface area contributed by atoms with Crippen molar-refractivity contribution in [3.8, 4) is 0 Å². The van der Waals surface area contributed by atoms with Crippen molar-refractivity contribution in [3.63, 3.8) is 0 Å². The molecule has 2 fully saturated rings. The van der Waals surface area contributed by atoms with Crippen LogP contribution < -0.4 is 9.62 Å². The third-order valence-electron chi connectivity index (χ3n) is 6.96. The number of carbonyl (C=O) groups excluding carboxylic acids is 1. The second-order valence-electron chi connectivity index (χ2n) is 9.05. The topological polar surface area (TPSA) is 66.5 Å². The lowest BCUT2D eigenvalue weighted by Crippen LogP contribution is -2.40. The SMILES string of the molecule is C=CCN(c1ccc(F)cc1)S(=O)(=O)c1cc(C(=O)N[C@@H](C)[C@H]2C[C@H]3CC[C@H]2C3)ccc1Cl. The number of anilines is 1. The van der Waals surface area contributed by atoms with Crippen LogP contribution in [0.1, 0.15) is 43.0 Å². The summed E-state index contributed by atoms with van der Waals surface area (Å²) in [6.07, 6.45) is 6.33. The summed E-state index contributed by atoms with van der Waals surface area (Å²) in [6, 6.07) is 9.38. The van der Waals surface area contributed by atoms with Crippen molar-refractivity contribution >= 4 is 33.2 Å². The lowest BCUT2D eigenvalue weighted by Gasteiger charge is -2.28. The van der Waals surface area contributed by atoms with E-state index < -0.39 is 15.8 Å². The second kappa shape index (κ2) is 9.47. The van der Waals surface area contributed by atoms with Gasteiger partial charge in [-0.15, -0.1) is 6.58 Å². The molecule has 2 aliphatic rings. The van der Waals surface area contributed by atoms with Gasteiger partial charge in [-0.25, -0.2) is 12.8 Å². The number of hydrogen-bond acceptors (Lipinski definition) is 3. The molecule has 1 N–H and O–H groups in total. The van der Waals surface area contributed by atoms with Gasteiger partial charge in [0.05, 0.1) is 17.3 Å². The highest BCUT2D eigenvalue weighted by molar-refractivity contribution is 7.93. The summed E-state index contributed by atoms with van der Waals surface area (Å²) < 4.78 is 41.4. The van der Waals surface area contributed by atoms with E-state index in [4.69, 9.17) is 11.6 Å². The zero-order valence-electron chi connectivity index (χ0n) is 18.5. The fraction of sp³-hybridized carbons (Fsp3) is 0.400. The van der Waals surface area contributed by atoms with Crippen molar-refractivity contribution < 1.29 is 17.6 Å². The van der Waals surface area contributed by atoms with Gasteiger partial charge in [0.2, 0.25) is 0 Å². The first-order valence-corrected chi connectivity index (χ1v) is 13.0. The first kappa shape index (κ1) is 23.8. The molecule has 176 valence electrons. The maximum absolute atomic E-state index is 13.5. The van der Waals surface area contributed by atoms with Crippen molar-refractivity contribution in [2.45, 2.75) is 43.5 Å². The Morgan fingerprint density at radius 1 is 1.24 bits per heavy atom. The number of rotatable bonds is 8. The monoisotopic (exact) mass is 490 g/mol. The summed E-state index contributed by atoms with van der Waals surface area (Å²) >= 11 is 6.27. The van der Waals surface area contributed by atoms with Crippen LogP contribution in [0.4, 0.5) is 10.1 Å². The number of carbonyl (C=O) groups is 1. The van der Waals surface area contributed by atoms with E-state index >= 15 is 0 Å². The van der Waals surface area contributed by atoms with E-state index in [0.29, 0.717) is 11.8 Å². The van der Waals surface area contributed by atoms with Crippen molar-refractivity contribution in [2.75, 3.05) is 10.8 Å². The number of halogens is 2. The van der Waals surface area contributed by atoms with E-state index in [1.807, 2.05) is 6.92 Å². The van der Waals surface area contributed by atoms with E-state index in [-0.39, 0.29) is 39.7 Å². The van der Waals surface area contributed by atoms with E-state index in [1.165, 1.54) is 67.8 Å². The molecule has 8 heteroatoms. The summed E-state index contributed by atoms with van der Waals surface area (Å²) in [6.45, 7) is 5.61. The highest BCUT2D eigenvalue weighted by Crippen LogP contribution is 2.49. The number of benzene rings is 2. The third kappa shape index (κ3) is 4.80. The molecule has 2 saturated carbocycles. The quantitative estimate of drug-likeness (QED) is 0.503. The summed E-state index contributed by atoms with van der Waals surface area (Å²) in [5, 5.41) is 3.07. The highest BCUT2D eigenvalue weighted by Gasteiger charge is 2.42. The van der Waals surface area contributed by atoms with Gasteiger partial charge in [-0.2, -0.15) is 0 Å². The highest BCUT2D eigenvalue weighted by atomic mass is 35.5. The van der Waals surface area contributed by atoms with E-state index in [2.05, 4.69) is 11.9 Å². The molecule has 5 nitrogen and oxygen atoms in total. The zero-order chi connectivity index (χ0) is 23.8. The van der Waals surface area contributed by atoms with Crippen LogP contribution in [0.3, 0.4) is 0 Å². The van der Waals surface area contributed by atoms with Crippen LogP contribution in [0.25, 0.3) is 0 Å². The molecule has 2 bridgehead atoms. The minimum absolute atomic E-state index is 0.00359. The zero-order valence-corrected chi connectivity index (χ0v) is 20.1. The molecule has 4 atom stereocenters. The lowest BCUT2D eigenvalue weighted by atomic mass is 9.84. The largest absolute Gasteiger partial charge is 0.349 e. The Bertz CT molecular complexity index is 1150. The molecular formula is C25H28ClFN2O3S. The first-order chi connectivity index (χ1) is 15.7. The van der Waals surface area contributed by atoms with Crippen LogP contribution in [-0.4, -0.2) is 26.9 Å². The van der Waals surface area contributed by atoms with Crippen molar-refractivity contribution in [1.29, 1.82) is 0 Å². The average Bonchev–Trinajstić information content (AvgIpc) is 3.42. The molecule has 0 spiro atoms. The Kier molecular flexibility index (Phi) is 6.82. The number of hydrogen-bond donors (Lipinski definition) is 1. The third-order valence-corrected chi connectivity index (χ3v) is 9.24. The smallest absolute Gasteiger partial charge is 0.266 e. The molecule has 0 saturated heterocycles. The van der Waals surface area contributed by atoms with Gasteiger partial charge in [-0.05, 0) is 86.4 Å². The summed E-state index contributed by atoms with van der Waals surface area (Å²) in [5.41, 5.74) is 0.498. The van der Waals surface area contributed by atoms with Gasteiger partial charge in [0.1, 0.15) is 10.7 Å². The Hall–Kier alpha value is -2.38. The number of nitrogens with zero attached hydrogens (tertiary/aromatic N) is 1. The van der Waals surface area contributed by atoms with E-state index in [0.717, 1.165) is 16.6 Å². The summed E-state index contributed by atoms with van der Waals surface area (Å²) in [7, 11) is -4.14. The summed E-state index contributed by atoms with van der Waals surface area (Å²) in [5.74, 6) is 1.10. The fourth-order valence-corrected chi connectivity index (χ4v) is 7.27. The normalized spacial score (nSPS) is 22.7. The molecule has 33 heavy (non-hydrogen) atoms. The Balaban J connectivity index is 1.59. The minimum Gasteiger partial charge on any atom is -0.349 e. The molecule has 1 amide bonds. The van der Waals surface area contributed by atoms with Crippen molar-refractivity contribution in [1.82, 2.24) is 5.32 Å². The van der Waals surface area contributed by atoms with Crippen LogP contribution in [0.2, 0.25) is 5.02 Å². The predicted octanol–water partition coefficient (Wildman–Crippen LogP) is 5.41. The number of sulfonamides is 1. The average molecular weight is 491 g/mol. The summed E-state index contributed by atoms with van der Waals surface area (Å²) in [4.78, 5) is 12.8. The van der Waals surface area contributed by atoms with Gasteiger partial charge in [-0.3, -0.25) is 9.10 Å². The maximum atomic E-state index is 13.5. The Labute approximate surface area is 199 Å². The first-order valence-electron chi connectivity index (χ1n) is 11.2. The van der Waals surface area contributed by atoms with Gasteiger partial charge in [-0.1, -0.05) is 24.1 Å². The Morgan fingerprint density at radius 2 is 1.97 bits per heavy atom. The van der Waals surface area contributed by atoms with E-state index in [9.17, 15) is 17.6 Å². The van der Waals surface area contributed by atoms with Crippen LogP contribution in [-0.2, 0) is 10.0 Å². The standard InChI is InChI=1S/C25H28ClFN2O3S/c1-3-12-29(21-9-7-20(27)8-10-21)33(31,32)24-15-19(6-11-23(24)26)25(30)28-16(2)22-14-17-4-5-18(22)13-17/h3,6-11,15-18,22H,1,4-5,12-14H2,2H3,(H,28,30)/t16-,17-,18-,22+/m0/s1. The molecule has 2 aromatic rings. The maximum Gasteiger partial charge on any atom is 0.266 e. The Morgan fingerprint density at radius 3 is 2.58 bits per heavy atom. The van der Waals surface area contributed by atoms with E-state index in [1.54, 1.807) is 0 Å². The fourth-order valence-electron chi connectivity index (χ4n) is 5.33. The molecule has 2 aliphatic carbocycles. The van der Waals surface area contributed by atoms with Crippen LogP contribution in [0.15, 0.2) is 60.0 Å². The van der Waals surface area contributed by atoms with Gasteiger partial charge >= 0.3 is 0 Å². The second-order valence-corrected chi connectivity index (χ2v) is 11.3. The van der Waals surface area contributed by atoms with Gasteiger partial charge in [0.15, 0.2) is 0 Å². The van der Waals surface area contributed by atoms with Gasteiger partial charge in [0.25, 0.3) is 15.9 Å². The molecule has 0 aromatic heterocycles. The van der Waals surface area contributed by atoms with Crippen molar-refractivity contribution in [3.05, 3.63) is 71.5 Å². The van der Waals surface area contributed by atoms with Crippen LogP contribution in [0.5, 0.6) is 0 Å². The van der Waals surface area contributed by atoms with Gasteiger partial charge < -0.3 is 5.32 Å². The molecule has 0 radical (unpaired) electrons. The molecule has 0 heterocycles. The number of amides is 1. The van der Waals surface area contributed by atoms with Crippen LogP contribution in [0, 0.1) is 23.6 Å². The number of nitrogens with one attached hydrogen (secondary N) is 1. The lowest BCUT2D eigenvalue weighted by molar-refractivity contribution is 0.0915. The van der Waals surface area contributed by atoms with Gasteiger partial charge in [0, 0.05) is 11.6 Å². The van der Waals surface area contributed by atoms with Crippen LogP contribution >= 0.6 is 11.6 Å². The molecule has 0 aliphatic heterocycles. The predicted molar refractivity (Wildman–Crippen MR) is 128 cm³/mol. The number of fused-ring (bicyclic) bond motifs is 2. The molecular weight excluding hydrogens is 463 g/mol. The molecule has 4 rings (SSSR count). The van der Waals surface area contributed by atoms with Crippen molar-refractivity contribution in [2.24, 2.45) is 17.8 Å².